The number of nitrogens with two attached hydrogens (primary N) is 1. The molecule has 4 nitrogen and oxygen atoms in total. The molecule has 2 N–H and O–H groups in total. The summed E-state index contributed by atoms with van der Waals surface area (Å²) in [5.41, 5.74) is 8.77. The minimum atomic E-state index is -0.634. The SMILES string of the molecule is Nc1cc(-c2ccc(F)cc2F)c2ncn(C3CCCCO3)c2c1. The fourth-order valence-electron chi connectivity index (χ4n) is 3.24. The number of fused-ring (bicyclic) bond motifs is 1. The average Bonchev–Trinajstić information content (AvgIpc) is 2.99. The van der Waals surface area contributed by atoms with Gasteiger partial charge >= 0.3 is 0 Å². The summed E-state index contributed by atoms with van der Waals surface area (Å²) in [5.74, 6) is -1.25. The third-order valence-electron chi connectivity index (χ3n) is 4.39. The lowest BCUT2D eigenvalue weighted by Crippen LogP contribution is -2.17. The molecule has 1 fully saturated rings. The first-order valence-electron chi connectivity index (χ1n) is 7.96. The molecule has 0 spiro atoms. The Morgan fingerprint density at radius 1 is 1.12 bits per heavy atom. The van der Waals surface area contributed by atoms with Crippen molar-refractivity contribution >= 4 is 16.7 Å². The summed E-state index contributed by atoms with van der Waals surface area (Å²) < 4.78 is 35.2. The topological polar surface area (TPSA) is 53.1 Å². The highest BCUT2D eigenvalue weighted by atomic mass is 19.1. The molecule has 2 heterocycles. The molecule has 4 rings (SSSR count). The Morgan fingerprint density at radius 3 is 2.75 bits per heavy atom. The number of imidazole rings is 1. The van der Waals surface area contributed by atoms with Crippen LogP contribution in [-0.2, 0) is 4.74 Å². The van der Waals surface area contributed by atoms with Crippen LogP contribution in [0.25, 0.3) is 22.2 Å². The van der Waals surface area contributed by atoms with Gasteiger partial charge in [0.15, 0.2) is 0 Å². The van der Waals surface area contributed by atoms with E-state index in [2.05, 4.69) is 4.98 Å². The number of benzene rings is 2. The van der Waals surface area contributed by atoms with E-state index in [9.17, 15) is 8.78 Å². The molecule has 6 heteroatoms. The predicted octanol–water partition coefficient (Wildman–Crippen LogP) is 4.26. The Morgan fingerprint density at radius 2 is 2.00 bits per heavy atom. The van der Waals surface area contributed by atoms with Crippen LogP contribution < -0.4 is 5.73 Å². The molecule has 1 unspecified atom stereocenters. The number of aromatic nitrogens is 2. The largest absolute Gasteiger partial charge is 0.399 e. The molecule has 0 saturated carbocycles. The molecule has 24 heavy (non-hydrogen) atoms. The van der Waals surface area contributed by atoms with E-state index in [0.29, 0.717) is 23.4 Å². The summed E-state index contributed by atoms with van der Waals surface area (Å²) in [6, 6.07) is 6.98. The fourth-order valence-corrected chi connectivity index (χ4v) is 3.24. The predicted molar refractivity (Wildman–Crippen MR) is 88.3 cm³/mol. The van der Waals surface area contributed by atoms with Gasteiger partial charge in [0.2, 0.25) is 0 Å². The van der Waals surface area contributed by atoms with Gasteiger partial charge in [-0.15, -0.1) is 0 Å². The van der Waals surface area contributed by atoms with Crippen molar-refractivity contribution < 1.29 is 13.5 Å². The Bertz CT molecular complexity index is 901. The van der Waals surface area contributed by atoms with E-state index in [0.717, 1.165) is 30.8 Å². The number of anilines is 1. The highest BCUT2D eigenvalue weighted by Gasteiger charge is 2.20. The maximum atomic E-state index is 14.2. The van der Waals surface area contributed by atoms with Crippen LogP contribution in [0.1, 0.15) is 25.5 Å². The zero-order chi connectivity index (χ0) is 16.7. The van der Waals surface area contributed by atoms with Crippen molar-refractivity contribution in [2.45, 2.75) is 25.5 Å². The Hall–Kier alpha value is -2.47. The second kappa shape index (κ2) is 5.87. The second-order valence-corrected chi connectivity index (χ2v) is 6.03. The van der Waals surface area contributed by atoms with E-state index in [4.69, 9.17) is 10.5 Å². The van der Waals surface area contributed by atoms with Crippen LogP contribution >= 0.6 is 0 Å². The second-order valence-electron chi connectivity index (χ2n) is 6.03. The molecule has 0 radical (unpaired) electrons. The Kier molecular flexibility index (Phi) is 3.69. The summed E-state index contributed by atoms with van der Waals surface area (Å²) in [7, 11) is 0. The van der Waals surface area contributed by atoms with E-state index in [1.54, 1.807) is 12.4 Å². The first-order valence-corrected chi connectivity index (χ1v) is 7.96. The van der Waals surface area contributed by atoms with Crippen molar-refractivity contribution in [2.75, 3.05) is 12.3 Å². The van der Waals surface area contributed by atoms with Crippen molar-refractivity contribution in [1.82, 2.24) is 9.55 Å². The van der Waals surface area contributed by atoms with Crippen LogP contribution in [0.2, 0.25) is 0 Å². The number of hydrogen-bond acceptors (Lipinski definition) is 3. The molecule has 124 valence electrons. The minimum absolute atomic E-state index is 0.0866. The van der Waals surface area contributed by atoms with Gasteiger partial charge in [0.25, 0.3) is 0 Å². The lowest BCUT2D eigenvalue weighted by atomic mass is 10.0. The van der Waals surface area contributed by atoms with E-state index in [-0.39, 0.29) is 11.8 Å². The lowest BCUT2D eigenvalue weighted by molar-refractivity contribution is -0.0295. The van der Waals surface area contributed by atoms with Gasteiger partial charge in [-0.1, -0.05) is 0 Å². The molecular weight excluding hydrogens is 312 g/mol. The molecule has 1 aromatic heterocycles. The Labute approximate surface area is 137 Å². The molecule has 1 aliphatic heterocycles. The number of ether oxygens (including phenoxy) is 1. The number of nitrogens with zero attached hydrogens (tertiary/aromatic N) is 2. The number of halogens is 2. The third-order valence-corrected chi connectivity index (χ3v) is 4.39. The van der Waals surface area contributed by atoms with Crippen LogP contribution in [-0.4, -0.2) is 16.2 Å². The molecule has 1 atom stereocenters. The van der Waals surface area contributed by atoms with E-state index >= 15 is 0 Å². The highest BCUT2D eigenvalue weighted by molar-refractivity contribution is 5.95. The monoisotopic (exact) mass is 329 g/mol. The van der Waals surface area contributed by atoms with Gasteiger partial charge in [-0.05, 0) is 43.5 Å². The van der Waals surface area contributed by atoms with Gasteiger partial charge in [-0.2, -0.15) is 0 Å². The van der Waals surface area contributed by atoms with Gasteiger partial charge in [0.1, 0.15) is 17.9 Å². The molecule has 1 saturated heterocycles. The maximum Gasteiger partial charge on any atom is 0.135 e. The van der Waals surface area contributed by atoms with Gasteiger partial charge < -0.3 is 15.0 Å². The van der Waals surface area contributed by atoms with Crippen LogP contribution in [0.15, 0.2) is 36.7 Å². The van der Waals surface area contributed by atoms with Gasteiger partial charge in [0.05, 0.1) is 17.4 Å². The van der Waals surface area contributed by atoms with Crippen molar-refractivity contribution in [3.05, 3.63) is 48.3 Å². The average molecular weight is 329 g/mol. The van der Waals surface area contributed by atoms with Gasteiger partial charge in [0, 0.05) is 29.5 Å². The standard InChI is InChI=1S/C18H17F2N3O/c19-11-4-5-13(15(20)7-11)14-8-12(21)9-16-18(14)22-10-23(16)17-3-1-2-6-24-17/h4-5,7-10,17H,1-3,6,21H2. The van der Waals surface area contributed by atoms with E-state index in [1.165, 1.54) is 12.1 Å². The zero-order valence-corrected chi connectivity index (χ0v) is 13.0. The lowest BCUT2D eigenvalue weighted by Gasteiger charge is -2.24. The summed E-state index contributed by atoms with van der Waals surface area (Å²) in [5, 5.41) is 0. The number of hydrogen-bond donors (Lipinski definition) is 1. The summed E-state index contributed by atoms with van der Waals surface area (Å²) in [4.78, 5) is 4.44. The number of nitrogen functional groups attached to an aromatic ring is 1. The van der Waals surface area contributed by atoms with Gasteiger partial charge in [-0.25, -0.2) is 13.8 Å². The smallest absolute Gasteiger partial charge is 0.135 e. The fraction of sp³-hybridized carbons (Fsp3) is 0.278. The van der Waals surface area contributed by atoms with Crippen molar-refractivity contribution in [3.8, 4) is 11.1 Å². The third kappa shape index (κ3) is 2.53. The molecule has 0 aliphatic carbocycles. The summed E-state index contributed by atoms with van der Waals surface area (Å²) in [6.07, 6.45) is 4.66. The van der Waals surface area contributed by atoms with E-state index in [1.807, 2.05) is 10.6 Å². The molecule has 0 amide bonds. The van der Waals surface area contributed by atoms with Crippen molar-refractivity contribution in [3.63, 3.8) is 0 Å². The summed E-state index contributed by atoms with van der Waals surface area (Å²) in [6.45, 7) is 0.714. The molecule has 1 aliphatic rings. The van der Waals surface area contributed by atoms with Crippen molar-refractivity contribution in [1.29, 1.82) is 0 Å². The molecule has 3 aromatic rings. The van der Waals surface area contributed by atoms with Crippen LogP contribution in [0, 0.1) is 11.6 Å². The summed E-state index contributed by atoms with van der Waals surface area (Å²) >= 11 is 0. The molecular formula is C18H17F2N3O. The van der Waals surface area contributed by atoms with Gasteiger partial charge in [-0.3, -0.25) is 0 Å². The van der Waals surface area contributed by atoms with Crippen LogP contribution in [0.5, 0.6) is 0 Å². The normalized spacial score (nSPS) is 18.2. The van der Waals surface area contributed by atoms with Crippen LogP contribution in [0.4, 0.5) is 14.5 Å². The van der Waals surface area contributed by atoms with Crippen LogP contribution in [0.3, 0.4) is 0 Å². The first-order chi connectivity index (χ1) is 11.6. The molecule has 0 bridgehead atoms. The Balaban J connectivity index is 1.89. The minimum Gasteiger partial charge on any atom is -0.399 e. The number of rotatable bonds is 2. The molecule has 2 aromatic carbocycles. The maximum absolute atomic E-state index is 14.2. The zero-order valence-electron chi connectivity index (χ0n) is 13.0. The first kappa shape index (κ1) is 15.1. The van der Waals surface area contributed by atoms with E-state index < -0.39 is 11.6 Å². The van der Waals surface area contributed by atoms with Crippen molar-refractivity contribution in [2.24, 2.45) is 0 Å². The quantitative estimate of drug-likeness (QED) is 0.715. The highest BCUT2D eigenvalue weighted by Crippen LogP contribution is 2.34.